The lowest BCUT2D eigenvalue weighted by molar-refractivity contribution is 0.0730. The topological polar surface area (TPSA) is 104 Å². The lowest BCUT2D eigenvalue weighted by Gasteiger charge is -2.26. The van der Waals surface area contributed by atoms with E-state index in [1.165, 1.54) is 15.6 Å². The highest BCUT2D eigenvalue weighted by Crippen LogP contribution is 2.32. The molecule has 2 aromatic carbocycles. The molecular weight excluding hydrogens is 484 g/mol. The summed E-state index contributed by atoms with van der Waals surface area (Å²) in [5, 5.41) is 5.87. The zero-order chi connectivity index (χ0) is 24.6. The number of thiophene rings is 1. The van der Waals surface area contributed by atoms with Crippen LogP contribution in [0.4, 0.5) is 5.69 Å². The number of aromatic amines is 1. The summed E-state index contributed by atoms with van der Waals surface area (Å²) < 4.78 is 32.9. The van der Waals surface area contributed by atoms with Crippen molar-refractivity contribution in [3.8, 4) is 11.1 Å². The Morgan fingerprint density at radius 2 is 1.89 bits per heavy atom. The van der Waals surface area contributed by atoms with Gasteiger partial charge in [0.05, 0.1) is 29.5 Å². The van der Waals surface area contributed by atoms with E-state index in [9.17, 15) is 13.2 Å². The van der Waals surface area contributed by atoms with E-state index in [2.05, 4.69) is 10.3 Å². The summed E-state index contributed by atoms with van der Waals surface area (Å²) in [6.07, 6.45) is 0. The fourth-order valence-corrected chi connectivity index (χ4v) is 6.55. The van der Waals surface area contributed by atoms with E-state index in [1.807, 2.05) is 49.6 Å². The molecule has 5 rings (SSSR count). The van der Waals surface area contributed by atoms with Gasteiger partial charge in [-0.05, 0) is 37.1 Å². The van der Waals surface area contributed by atoms with Crippen molar-refractivity contribution in [3.05, 3.63) is 75.7 Å². The highest BCUT2D eigenvalue weighted by Gasteiger charge is 2.27. The molecule has 0 spiro atoms. The normalized spacial score (nSPS) is 15.8. The van der Waals surface area contributed by atoms with Crippen molar-refractivity contribution in [2.75, 3.05) is 31.6 Å². The monoisotopic (exact) mass is 510 g/mol. The smallest absolute Gasteiger partial charge is 0.260 e. The summed E-state index contributed by atoms with van der Waals surface area (Å²) in [6, 6.07) is 14.5. The van der Waals surface area contributed by atoms with Crippen LogP contribution in [0.5, 0.6) is 0 Å². The van der Waals surface area contributed by atoms with Gasteiger partial charge >= 0.3 is 0 Å². The minimum absolute atomic E-state index is 0.195. The first-order valence-corrected chi connectivity index (χ1v) is 13.7. The van der Waals surface area contributed by atoms with Crippen LogP contribution in [0.1, 0.15) is 24.4 Å². The van der Waals surface area contributed by atoms with Crippen LogP contribution in [0.3, 0.4) is 0 Å². The predicted molar refractivity (Wildman–Crippen MR) is 138 cm³/mol. The summed E-state index contributed by atoms with van der Waals surface area (Å²) in [5.74, 6) is 0.491. The maximum Gasteiger partial charge on any atom is 0.260 e. The standard InChI is InChI=1S/C25H26N4O4S2/c1-16-8-9-19(35(31,32)29-10-12-33-13-11-29)14-21(16)26-17(2)23-27-24(30)22-20(15-34-25(22)28-23)18-6-4-3-5-7-18/h3-9,14-15,17,26H,10-13H2,1-2H3,(H,27,28,30). The summed E-state index contributed by atoms with van der Waals surface area (Å²) in [5.41, 5.74) is 3.20. The van der Waals surface area contributed by atoms with Gasteiger partial charge in [0.2, 0.25) is 10.0 Å². The van der Waals surface area contributed by atoms with Crippen molar-refractivity contribution < 1.29 is 13.2 Å². The third-order valence-corrected chi connectivity index (χ3v) is 8.91. The lowest BCUT2D eigenvalue weighted by Crippen LogP contribution is -2.40. The van der Waals surface area contributed by atoms with Gasteiger partial charge < -0.3 is 15.0 Å². The average molecular weight is 511 g/mol. The first kappa shape index (κ1) is 23.7. The van der Waals surface area contributed by atoms with Crippen molar-refractivity contribution in [1.29, 1.82) is 0 Å². The largest absolute Gasteiger partial charge is 0.379 e. The van der Waals surface area contributed by atoms with Gasteiger partial charge in [-0.25, -0.2) is 13.4 Å². The molecule has 3 heterocycles. The van der Waals surface area contributed by atoms with Crippen LogP contribution in [0.25, 0.3) is 21.3 Å². The molecule has 2 aromatic heterocycles. The second-order valence-electron chi connectivity index (χ2n) is 8.51. The van der Waals surface area contributed by atoms with Crippen LogP contribution >= 0.6 is 11.3 Å². The van der Waals surface area contributed by atoms with Gasteiger partial charge in [0.25, 0.3) is 5.56 Å². The molecule has 1 aliphatic rings. The quantitative estimate of drug-likeness (QED) is 0.404. The SMILES string of the molecule is Cc1ccc(S(=O)(=O)N2CCOCC2)cc1NC(C)c1nc2scc(-c3ccccc3)c2c(=O)[nH]1. The van der Waals surface area contributed by atoms with Gasteiger partial charge in [0, 0.05) is 29.7 Å². The molecule has 8 nitrogen and oxygen atoms in total. The predicted octanol–water partition coefficient (Wildman–Crippen LogP) is 4.15. The van der Waals surface area contributed by atoms with Crippen LogP contribution in [0.2, 0.25) is 0 Å². The van der Waals surface area contributed by atoms with Crippen molar-refractivity contribution >= 4 is 37.3 Å². The Kier molecular flexibility index (Phi) is 6.45. The molecule has 182 valence electrons. The highest BCUT2D eigenvalue weighted by atomic mass is 32.2. The molecule has 0 bridgehead atoms. The Balaban J connectivity index is 1.44. The molecule has 0 saturated carbocycles. The van der Waals surface area contributed by atoms with Crippen LogP contribution in [-0.4, -0.2) is 49.0 Å². The van der Waals surface area contributed by atoms with E-state index in [0.29, 0.717) is 48.0 Å². The van der Waals surface area contributed by atoms with Crippen molar-refractivity contribution in [2.45, 2.75) is 24.8 Å². The Bertz CT molecular complexity index is 1520. The number of hydrogen-bond donors (Lipinski definition) is 2. The van der Waals surface area contributed by atoms with Crippen LogP contribution in [0, 0.1) is 6.92 Å². The van der Waals surface area contributed by atoms with Gasteiger partial charge in [0.15, 0.2) is 0 Å². The number of rotatable bonds is 6. The third-order valence-electron chi connectivity index (χ3n) is 6.15. The Morgan fingerprint density at radius 1 is 1.14 bits per heavy atom. The van der Waals surface area contributed by atoms with E-state index in [1.54, 1.807) is 18.2 Å². The number of morpholine rings is 1. The van der Waals surface area contributed by atoms with Crippen LogP contribution in [-0.2, 0) is 14.8 Å². The number of aryl methyl sites for hydroxylation is 1. The molecule has 35 heavy (non-hydrogen) atoms. The Labute approximate surface area is 207 Å². The highest BCUT2D eigenvalue weighted by molar-refractivity contribution is 7.89. The first-order valence-electron chi connectivity index (χ1n) is 11.4. The summed E-state index contributed by atoms with van der Waals surface area (Å²) in [6.45, 7) is 5.26. The van der Waals surface area contributed by atoms with Gasteiger partial charge in [-0.3, -0.25) is 4.79 Å². The maximum absolute atomic E-state index is 13.1. The number of hydrogen-bond acceptors (Lipinski definition) is 7. The number of ether oxygens (including phenoxy) is 1. The van der Waals surface area contributed by atoms with Gasteiger partial charge in [-0.1, -0.05) is 36.4 Å². The fraction of sp³-hybridized carbons (Fsp3) is 0.280. The van der Waals surface area contributed by atoms with Crippen molar-refractivity contribution in [2.24, 2.45) is 0 Å². The molecule has 2 N–H and O–H groups in total. The van der Waals surface area contributed by atoms with E-state index in [-0.39, 0.29) is 16.5 Å². The molecule has 0 radical (unpaired) electrons. The second kappa shape index (κ2) is 9.54. The number of aromatic nitrogens is 2. The second-order valence-corrected chi connectivity index (χ2v) is 11.3. The van der Waals surface area contributed by atoms with E-state index >= 15 is 0 Å². The first-order chi connectivity index (χ1) is 16.8. The molecule has 1 unspecified atom stereocenters. The van der Waals surface area contributed by atoms with Crippen LogP contribution < -0.4 is 10.9 Å². The Morgan fingerprint density at radius 3 is 2.63 bits per heavy atom. The average Bonchev–Trinajstić information content (AvgIpc) is 3.31. The number of nitrogens with zero attached hydrogens (tertiary/aromatic N) is 2. The molecule has 4 aromatic rings. The number of fused-ring (bicyclic) bond motifs is 1. The molecule has 0 aliphatic carbocycles. The maximum atomic E-state index is 13.1. The van der Waals surface area contributed by atoms with Gasteiger partial charge in [-0.15, -0.1) is 11.3 Å². The molecule has 0 amide bonds. The van der Waals surface area contributed by atoms with E-state index in [4.69, 9.17) is 9.72 Å². The van der Waals surface area contributed by atoms with E-state index in [0.717, 1.165) is 16.7 Å². The summed E-state index contributed by atoms with van der Waals surface area (Å²) in [7, 11) is -3.62. The minimum Gasteiger partial charge on any atom is -0.379 e. The summed E-state index contributed by atoms with van der Waals surface area (Å²) in [4.78, 5) is 21.5. The number of H-pyrrole nitrogens is 1. The zero-order valence-corrected chi connectivity index (χ0v) is 21.1. The zero-order valence-electron chi connectivity index (χ0n) is 19.4. The number of sulfonamides is 1. The molecular formula is C25H26N4O4S2. The van der Waals surface area contributed by atoms with E-state index < -0.39 is 10.0 Å². The molecule has 1 aliphatic heterocycles. The summed E-state index contributed by atoms with van der Waals surface area (Å²) >= 11 is 1.43. The molecule has 10 heteroatoms. The minimum atomic E-state index is -3.62. The van der Waals surface area contributed by atoms with Crippen molar-refractivity contribution in [3.63, 3.8) is 0 Å². The van der Waals surface area contributed by atoms with Gasteiger partial charge in [-0.2, -0.15) is 4.31 Å². The molecule has 1 atom stereocenters. The number of nitrogens with one attached hydrogen (secondary N) is 2. The fourth-order valence-electron chi connectivity index (χ4n) is 4.16. The molecule has 1 fully saturated rings. The van der Waals surface area contributed by atoms with Gasteiger partial charge in [0.1, 0.15) is 10.7 Å². The molecule has 1 saturated heterocycles. The van der Waals surface area contributed by atoms with Crippen molar-refractivity contribution in [1.82, 2.24) is 14.3 Å². The number of benzene rings is 2. The lowest BCUT2D eigenvalue weighted by atomic mass is 10.1. The van der Waals surface area contributed by atoms with Crippen LogP contribution in [0.15, 0.2) is 63.6 Å². The number of anilines is 1. The third kappa shape index (κ3) is 4.62. The Hall–Kier alpha value is -3.05.